The molecular weight excluding hydrogens is 289 g/mol. The van der Waals surface area contributed by atoms with Gasteiger partial charge in [0.2, 0.25) is 0 Å². The molecule has 0 aliphatic carbocycles. The summed E-state index contributed by atoms with van der Waals surface area (Å²) in [5.41, 5.74) is 4.79. The third-order valence-corrected chi connectivity index (χ3v) is 2.20. The predicted molar refractivity (Wildman–Crippen MR) is 61.2 cm³/mol. The second-order valence-electron chi connectivity index (χ2n) is 2.53. The number of hydrogen-bond acceptors (Lipinski definition) is 3. The zero-order valence-corrected chi connectivity index (χ0v) is 9.56. The summed E-state index contributed by atoms with van der Waals surface area (Å²) in [6.45, 7) is 0. The van der Waals surface area contributed by atoms with Crippen LogP contribution in [-0.2, 0) is 0 Å². The molecule has 3 N–H and O–H groups in total. The highest BCUT2D eigenvalue weighted by Crippen LogP contribution is 2.30. The first-order chi connectivity index (χ1) is 6.91. The molecule has 0 fully saturated rings. The summed E-state index contributed by atoms with van der Waals surface area (Å²) in [5, 5.41) is 12.8. The number of nitro benzene ring substituents is 1. The van der Waals surface area contributed by atoms with E-state index in [9.17, 15) is 14.5 Å². The van der Waals surface area contributed by atoms with E-state index in [1.165, 1.54) is 6.07 Å². The molecule has 15 heavy (non-hydrogen) atoms. The maximum Gasteiger partial charge on any atom is 0.295 e. The monoisotopic (exact) mass is 293 g/mol. The average Bonchev–Trinajstić information content (AvgIpc) is 2.09. The number of halogens is 2. The minimum Gasteiger partial charge on any atom is -0.376 e. The molecule has 0 heterocycles. The van der Waals surface area contributed by atoms with Gasteiger partial charge in [0.05, 0.1) is 15.5 Å². The van der Waals surface area contributed by atoms with Crippen molar-refractivity contribution >= 4 is 44.6 Å². The van der Waals surface area contributed by atoms with Crippen LogP contribution in [0.2, 0.25) is 0 Å². The third-order valence-electron chi connectivity index (χ3n) is 1.49. The topological polar surface area (TPSA) is 81.2 Å². The molecule has 0 saturated carbocycles. The first-order valence-electron chi connectivity index (χ1n) is 3.61. The van der Waals surface area contributed by atoms with Gasteiger partial charge in [0, 0.05) is 0 Å². The Morgan fingerprint density at radius 2 is 2.27 bits per heavy atom. The fourth-order valence-corrected chi connectivity index (χ4v) is 1.37. The van der Waals surface area contributed by atoms with Crippen LogP contribution in [0.3, 0.4) is 0 Å². The highest BCUT2D eigenvalue weighted by molar-refractivity contribution is 9.10. The van der Waals surface area contributed by atoms with Crippen LogP contribution < -0.4 is 11.1 Å². The molecule has 0 aliphatic heterocycles. The molecule has 0 bridgehead atoms. The Morgan fingerprint density at radius 1 is 1.67 bits per heavy atom. The summed E-state index contributed by atoms with van der Waals surface area (Å²) in [7, 11) is 0. The predicted octanol–water partition coefficient (Wildman–Crippen LogP) is 2.15. The van der Waals surface area contributed by atoms with Crippen LogP contribution in [0, 0.1) is 15.9 Å². The fourth-order valence-electron chi connectivity index (χ4n) is 0.920. The van der Waals surface area contributed by atoms with Crippen LogP contribution in [-0.4, -0.2) is 10.0 Å². The SMILES string of the molecule is NC(=S)Nc1cc(Br)c(F)cc1[N+](=O)[O-]. The van der Waals surface area contributed by atoms with Gasteiger partial charge in [-0.25, -0.2) is 4.39 Å². The smallest absolute Gasteiger partial charge is 0.295 e. The van der Waals surface area contributed by atoms with Gasteiger partial charge in [-0.3, -0.25) is 10.1 Å². The molecule has 1 aromatic carbocycles. The number of benzene rings is 1. The molecule has 0 aliphatic rings. The molecule has 1 rings (SSSR count). The standard InChI is InChI=1S/C7H5BrFN3O2S/c8-3-1-5(11-7(10)15)6(12(13)14)2-4(3)9/h1-2H,(H3,10,11,15). The second-order valence-corrected chi connectivity index (χ2v) is 3.82. The molecule has 5 nitrogen and oxygen atoms in total. The summed E-state index contributed by atoms with van der Waals surface area (Å²) in [6, 6.07) is 1.98. The van der Waals surface area contributed by atoms with Crippen molar-refractivity contribution in [2.75, 3.05) is 5.32 Å². The number of hydrogen-bond donors (Lipinski definition) is 2. The zero-order chi connectivity index (χ0) is 11.6. The van der Waals surface area contributed by atoms with E-state index in [1.54, 1.807) is 0 Å². The van der Waals surface area contributed by atoms with Crippen molar-refractivity contribution in [1.29, 1.82) is 0 Å². The highest BCUT2D eigenvalue weighted by Gasteiger charge is 2.17. The van der Waals surface area contributed by atoms with Crippen molar-refractivity contribution in [1.82, 2.24) is 0 Å². The van der Waals surface area contributed by atoms with Gasteiger partial charge in [-0.05, 0) is 34.2 Å². The van der Waals surface area contributed by atoms with Crippen molar-refractivity contribution in [2.24, 2.45) is 5.73 Å². The van der Waals surface area contributed by atoms with Crippen LogP contribution in [0.25, 0.3) is 0 Å². The zero-order valence-electron chi connectivity index (χ0n) is 7.16. The Kier molecular flexibility index (Phi) is 3.53. The van der Waals surface area contributed by atoms with E-state index in [4.69, 9.17) is 5.73 Å². The lowest BCUT2D eigenvalue weighted by molar-refractivity contribution is -0.384. The lowest BCUT2D eigenvalue weighted by Crippen LogP contribution is -2.19. The molecule has 1 aromatic rings. The van der Waals surface area contributed by atoms with Gasteiger partial charge in [0.25, 0.3) is 5.69 Å². The Morgan fingerprint density at radius 3 is 2.73 bits per heavy atom. The van der Waals surface area contributed by atoms with Gasteiger partial charge in [-0.2, -0.15) is 0 Å². The van der Waals surface area contributed by atoms with Crippen LogP contribution in [0.5, 0.6) is 0 Å². The van der Waals surface area contributed by atoms with Crippen molar-refractivity contribution in [3.05, 3.63) is 32.5 Å². The van der Waals surface area contributed by atoms with Gasteiger partial charge in [-0.1, -0.05) is 0 Å². The van der Waals surface area contributed by atoms with Crippen molar-refractivity contribution < 1.29 is 9.31 Å². The van der Waals surface area contributed by atoms with Crippen molar-refractivity contribution in [3.8, 4) is 0 Å². The number of nitro groups is 1. The number of nitrogens with two attached hydrogens (primary N) is 1. The highest BCUT2D eigenvalue weighted by atomic mass is 79.9. The van der Waals surface area contributed by atoms with Crippen LogP contribution >= 0.6 is 28.1 Å². The Labute approximate surface area is 97.7 Å². The molecular formula is C7H5BrFN3O2S. The van der Waals surface area contributed by atoms with Gasteiger partial charge in [-0.15, -0.1) is 0 Å². The molecule has 0 unspecified atom stereocenters. The summed E-state index contributed by atoms with van der Waals surface area (Å²) in [4.78, 5) is 9.84. The number of anilines is 1. The summed E-state index contributed by atoms with van der Waals surface area (Å²) in [5.74, 6) is -0.727. The largest absolute Gasteiger partial charge is 0.376 e. The number of thiocarbonyl (C=S) groups is 1. The molecule has 80 valence electrons. The quantitative estimate of drug-likeness (QED) is 0.496. The maximum atomic E-state index is 13.0. The van der Waals surface area contributed by atoms with Gasteiger partial charge in [0.15, 0.2) is 5.11 Å². The maximum absolute atomic E-state index is 13.0. The van der Waals surface area contributed by atoms with Gasteiger partial charge in [0.1, 0.15) is 11.5 Å². The van der Waals surface area contributed by atoms with Gasteiger partial charge >= 0.3 is 0 Å². The van der Waals surface area contributed by atoms with E-state index in [-0.39, 0.29) is 15.3 Å². The van der Waals surface area contributed by atoms with E-state index in [0.717, 1.165) is 6.07 Å². The molecule has 0 aromatic heterocycles. The molecule has 0 saturated heterocycles. The normalized spacial score (nSPS) is 9.73. The summed E-state index contributed by atoms with van der Waals surface area (Å²) >= 11 is 7.43. The second kappa shape index (κ2) is 4.49. The Balaban J connectivity index is 3.28. The fraction of sp³-hybridized carbons (Fsp3) is 0. The molecule has 0 atom stereocenters. The molecule has 0 amide bonds. The van der Waals surface area contributed by atoms with E-state index in [2.05, 4.69) is 33.5 Å². The third kappa shape index (κ3) is 2.83. The Bertz CT molecular complexity index is 440. The average molecular weight is 294 g/mol. The minimum absolute atomic E-state index is 0.0424. The number of nitrogens with zero attached hydrogens (tertiary/aromatic N) is 1. The first kappa shape index (κ1) is 11.8. The van der Waals surface area contributed by atoms with Crippen molar-refractivity contribution in [3.63, 3.8) is 0 Å². The molecule has 8 heteroatoms. The van der Waals surface area contributed by atoms with E-state index in [0.29, 0.717) is 0 Å². The molecule has 0 radical (unpaired) electrons. The van der Waals surface area contributed by atoms with Crippen LogP contribution in [0.1, 0.15) is 0 Å². The van der Waals surface area contributed by atoms with E-state index >= 15 is 0 Å². The van der Waals surface area contributed by atoms with E-state index < -0.39 is 16.4 Å². The van der Waals surface area contributed by atoms with Crippen LogP contribution in [0.15, 0.2) is 16.6 Å². The first-order valence-corrected chi connectivity index (χ1v) is 4.82. The van der Waals surface area contributed by atoms with Gasteiger partial charge < -0.3 is 11.1 Å². The van der Waals surface area contributed by atoms with Crippen LogP contribution in [0.4, 0.5) is 15.8 Å². The minimum atomic E-state index is -0.727. The van der Waals surface area contributed by atoms with E-state index in [1.807, 2.05) is 0 Å². The van der Waals surface area contributed by atoms with Crippen molar-refractivity contribution in [2.45, 2.75) is 0 Å². The summed E-state index contributed by atoms with van der Waals surface area (Å²) in [6.07, 6.45) is 0. The Hall–Kier alpha value is -1.28. The summed E-state index contributed by atoms with van der Waals surface area (Å²) < 4.78 is 13.1. The lowest BCUT2D eigenvalue weighted by Gasteiger charge is -2.05. The lowest BCUT2D eigenvalue weighted by atomic mass is 10.2. The number of rotatable bonds is 2. The molecule has 0 spiro atoms. The number of nitrogens with one attached hydrogen (secondary N) is 1.